The maximum atomic E-state index is 12.0. The number of phenolic OH excluding ortho intramolecular Hbond substituents is 1. The van der Waals surface area contributed by atoms with Crippen LogP contribution in [0.5, 0.6) is 5.75 Å². The Labute approximate surface area is 101 Å². The number of amides is 1. The molecule has 1 aliphatic rings. The van der Waals surface area contributed by atoms with E-state index in [4.69, 9.17) is 4.74 Å². The standard InChI is InChI=1S/C13H17NO3/c1-8-11(4-3-5-12(8)15)14-13(16)10-6-7-17-9(10)2/h3-5,9-10,15H,6-7H2,1-2H3,(H,14,16). The van der Waals surface area contributed by atoms with Crippen LogP contribution in [0.2, 0.25) is 0 Å². The van der Waals surface area contributed by atoms with Gasteiger partial charge in [0.2, 0.25) is 5.91 Å². The summed E-state index contributed by atoms with van der Waals surface area (Å²) in [7, 11) is 0. The van der Waals surface area contributed by atoms with Gasteiger partial charge in [0.25, 0.3) is 0 Å². The van der Waals surface area contributed by atoms with E-state index in [-0.39, 0.29) is 23.7 Å². The van der Waals surface area contributed by atoms with E-state index < -0.39 is 0 Å². The normalized spacial score (nSPS) is 23.6. The summed E-state index contributed by atoms with van der Waals surface area (Å²) in [4.78, 5) is 12.0. The number of hydrogen-bond donors (Lipinski definition) is 2. The molecule has 1 aliphatic heterocycles. The van der Waals surface area contributed by atoms with E-state index in [1.807, 2.05) is 6.92 Å². The summed E-state index contributed by atoms with van der Waals surface area (Å²) in [6, 6.07) is 5.10. The van der Waals surface area contributed by atoms with Crippen molar-refractivity contribution in [1.29, 1.82) is 0 Å². The molecule has 92 valence electrons. The lowest BCUT2D eigenvalue weighted by Gasteiger charge is -2.15. The molecule has 1 amide bonds. The maximum Gasteiger partial charge on any atom is 0.230 e. The molecule has 2 atom stereocenters. The summed E-state index contributed by atoms with van der Waals surface area (Å²) in [5, 5.41) is 12.4. The van der Waals surface area contributed by atoms with Crippen molar-refractivity contribution in [2.24, 2.45) is 5.92 Å². The Morgan fingerprint density at radius 2 is 2.29 bits per heavy atom. The van der Waals surface area contributed by atoms with Gasteiger partial charge in [-0.15, -0.1) is 0 Å². The molecule has 1 heterocycles. The fourth-order valence-corrected chi connectivity index (χ4v) is 2.06. The third-order valence-corrected chi connectivity index (χ3v) is 3.28. The van der Waals surface area contributed by atoms with Crippen LogP contribution in [0.4, 0.5) is 5.69 Å². The van der Waals surface area contributed by atoms with E-state index in [1.165, 1.54) is 0 Å². The third kappa shape index (κ3) is 2.42. The monoisotopic (exact) mass is 235 g/mol. The minimum atomic E-state index is -0.100. The number of rotatable bonds is 2. The lowest BCUT2D eigenvalue weighted by Crippen LogP contribution is -2.28. The zero-order chi connectivity index (χ0) is 12.4. The number of aromatic hydroxyl groups is 1. The molecule has 2 N–H and O–H groups in total. The van der Waals surface area contributed by atoms with E-state index in [9.17, 15) is 9.90 Å². The van der Waals surface area contributed by atoms with Crippen LogP contribution in [0.3, 0.4) is 0 Å². The molecule has 4 heteroatoms. The summed E-state index contributed by atoms with van der Waals surface area (Å²) < 4.78 is 5.37. The van der Waals surface area contributed by atoms with Crippen LogP contribution < -0.4 is 5.32 Å². The van der Waals surface area contributed by atoms with Gasteiger partial charge in [-0.25, -0.2) is 0 Å². The number of benzene rings is 1. The number of ether oxygens (including phenoxy) is 1. The molecule has 0 bridgehead atoms. The van der Waals surface area contributed by atoms with Gasteiger partial charge in [-0.3, -0.25) is 4.79 Å². The Kier molecular flexibility index (Phi) is 3.33. The quantitative estimate of drug-likeness (QED) is 0.825. The van der Waals surface area contributed by atoms with Crippen LogP contribution in [-0.4, -0.2) is 23.7 Å². The van der Waals surface area contributed by atoms with E-state index in [0.717, 1.165) is 6.42 Å². The van der Waals surface area contributed by atoms with Crippen molar-refractivity contribution in [3.63, 3.8) is 0 Å². The van der Waals surface area contributed by atoms with Crippen molar-refractivity contribution in [2.45, 2.75) is 26.4 Å². The molecule has 0 spiro atoms. The Bertz CT molecular complexity index is 431. The van der Waals surface area contributed by atoms with Gasteiger partial charge in [0, 0.05) is 17.9 Å². The van der Waals surface area contributed by atoms with Gasteiger partial charge in [0.1, 0.15) is 5.75 Å². The predicted molar refractivity (Wildman–Crippen MR) is 65.0 cm³/mol. The van der Waals surface area contributed by atoms with Gasteiger partial charge in [-0.2, -0.15) is 0 Å². The van der Waals surface area contributed by atoms with Crippen LogP contribution in [0.1, 0.15) is 18.9 Å². The van der Waals surface area contributed by atoms with Gasteiger partial charge in [0.15, 0.2) is 0 Å². The summed E-state index contributed by atoms with van der Waals surface area (Å²) in [5.74, 6) is 0.0546. The van der Waals surface area contributed by atoms with Crippen molar-refractivity contribution in [3.05, 3.63) is 23.8 Å². The topological polar surface area (TPSA) is 58.6 Å². The van der Waals surface area contributed by atoms with E-state index in [1.54, 1.807) is 25.1 Å². The fraction of sp³-hybridized carbons (Fsp3) is 0.462. The molecular weight excluding hydrogens is 218 g/mol. The summed E-state index contributed by atoms with van der Waals surface area (Å²) in [6.07, 6.45) is 0.720. The highest BCUT2D eigenvalue weighted by Gasteiger charge is 2.30. The van der Waals surface area contributed by atoms with Gasteiger partial charge in [0.05, 0.1) is 12.0 Å². The SMILES string of the molecule is Cc1c(O)cccc1NC(=O)C1CCOC1C. The number of carbonyl (C=O) groups is 1. The zero-order valence-electron chi connectivity index (χ0n) is 10.1. The molecule has 0 aromatic heterocycles. The third-order valence-electron chi connectivity index (χ3n) is 3.28. The second kappa shape index (κ2) is 4.75. The van der Waals surface area contributed by atoms with Crippen LogP contribution in [0.25, 0.3) is 0 Å². The number of hydrogen-bond acceptors (Lipinski definition) is 3. The predicted octanol–water partition coefficient (Wildman–Crippen LogP) is 2.06. The number of nitrogens with one attached hydrogen (secondary N) is 1. The van der Waals surface area contributed by atoms with Crippen molar-refractivity contribution in [1.82, 2.24) is 0 Å². The highest BCUT2D eigenvalue weighted by molar-refractivity contribution is 5.94. The highest BCUT2D eigenvalue weighted by Crippen LogP contribution is 2.26. The molecule has 1 aromatic rings. The molecule has 4 nitrogen and oxygen atoms in total. The molecule has 17 heavy (non-hydrogen) atoms. The van der Waals surface area contributed by atoms with Crippen molar-refractivity contribution >= 4 is 11.6 Å². The van der Waals surface area contributed by atoms with Crippen molar-refractivity contribution in [2.75, 3.05) is 11.9 Å². The molecule has 0 aliphatic carbocycles. The van der Waals surface area contributed by atoms with Crippen LogP contribution in [-0.2, 0) is 9.53 Å². The summed E-state index contributed by atoms with van der Waals surface area (Å²) >= 11 is 0. The van der Waals surface area contributed by atoms with Crippen LogP contribution in [0.15, 0.2) is 18.2 Å². The summed E-state index contributed by atoms with van der Waals surface area (Å²) in [5.41, 5.74) is 1.35. The highest BCUT2D eigenvalue weighted by atomic mass is 16.5. The Morgan fingerprint density at radius 1 is 1.53 bits per heavy atom. The first-order chi connectivity index (χ1) is 8.09. The summed E-state index contributed by atoms with van der Waals surface area (Å²) in [6.45, 7) is 4.32. The first-order valence-corrected chi connectivity index (χ1v) is 5.80. The van der Waals surface area contributed by atoms with E-state index in [2.05, 4.69) is 5.32 Å². The Balaban J connectivity index is 2.10. The molecule has 1 aromatic carbocycles. The van der Waals surface area contributed by atoms with Gasteiger partial charge in [-0.05, 0) is 32.4 Å². The van der Waals surface area contributed by atoms with Gasteiger partial charge >= 0.3 is 0 Å². The first kappa shape index (κ1) is 11.9. The molecule has 1 fully saturated rings. The molecule has 2 unspecified atom stereocenters. The minimum Gasteiger partial charge on any atom is -0.508 e. The number of carbonyl (C=O) groups excluding carboxylic acids is 1. The van der Waals surface area contributed by atoms with Gasteiger partial charge < -0.3 is 15.2 Å². The van der Waals surface area contributed by atoms with Crippen molar-refractivity contribution in [3.8, 4) is 5.75 Å². The molecular formula is C13H17NO3. The Morgan fingerprint density at radius 3 is 2.94 bits per heavy atom. The van der Waals surface area contributed by atoms with E-state index in [0.29, 0.717) is 17.9 Å². The first-order valence-electron chi connectivity index (χ1n) is 5.80. The molecule has 0 saturated carbocycles. The smallest absolute Gasteiger partial charge is 0.230 e. The van der Waals surface area contributed by atoms with Crippen LogP contribution >= 0.6 is 0 Å². The molecule has 2 rings (SSSR count). The zero-order valence-corrected chi connectivity index (χ0v) is 10.1. The number of phenols is 1. The van der Waals surface area contributed by atoms with E-state index >= 15 is 0 Å². The maximum absolute atomic E-state index is 12.0. The number of anilines is 1. The second-order valence-electron chi connectivity index (χ2n) is 4.41. The largest absolute Gasteiger partial charge is 0.508 e. The second-order valence-corrected chi connectivity index (χ2v) is 4.41. The molecule has 0 radical (unpaired) electrons. The Hall–Kier alpha value is -1.55. The average Bonchev–Trinajstić information content (AvgIpc) is 2.71. The fourth-order valence-electron chi connectivity index (χ4n) is 2.06. The average molecular weight is 235 g/mol. The van der Waals surface area contributed by atoms with Crippen LogP contribution in [0, 0.1) is 12.8 Å². The van der Waals surface area contributed by atoms with Crippen molar-refractivity contribution < 1.29 is 14.6 Å². The molecule has 1 saturated heterocycles. The lowest BCUT2D eigenvalue weighted by atomic mass is 10.0. The minimum absolute atomic E-state index is 0.0346. The van der Waals surface area contributed by atoms with Gasteiger partial charge in [-0.1, -0.05) is 6.07 Å². The lowest BCUT2D eigenvalue weighted by molar-refractivity contribution is -0.121.